The summed E-state index contributed by atoms with van der Waals surface area (Å²) in [6, 6.07) is 5.22. The Morgan fingerprint density at radius 2 is 2.05 bits per heavy atom. The molecule has 0 spiro atoms. The number of rotatable bonds is 5. The van der Waals surface area contributed by atoms with E-state index in [0.29, 0.717) is 21.7 Å². The van der Waals surface area contributed by atoms with Crippen LogP contribution in [0.1, 0.15) is 13.8 Å². The molecule has 0 aliphatic rings. The number of nitrogens with zero attached hydrogens (tertiary/aromatic N) is 1. The maximum Gasteiger partial charge on any atom is 0.262 e. The van der Waals surface area contributed by atoms with Gasteiger partial charge in [0, 0.05) is 5.02 Å². The van der Waals surface area contributed by atoms with Gasteiger partial charge in [0.1, 0.15) is 0 Å². The summed E-state index contributed by atoms with van der Waals surface area (Å²) in [4.78, 5) is 17.0. The summed E-state index contributed by atoms with van der Waals surface area (Å²) in [6.45, 7) is 7.87. The Hall–Kier alpha value is -1.17. The van der Waals surface area contributed by atoms with Crippen molar-refractivity contribution in [3.8, 4) is 0 Å². The maximum absolute atomic E-state index is 12.5. The molecule has 0 fully saturated rings. The molecule has 2 N–H and O–H groups in total. The van der Waals surface area contributed by atoms with E-state index >= 15 is 0 Å². The largest absolute Gasteiger partial charge is 0.334 e. The van der Waals surface area contributed by atoms with Crippen LogP contribution in [0.5, 0.6) is 0 Å². The average molecular weight is 313 g/mol. The minimum absolute atomic E-state index is 0.0715. The molecule has 20 heavy (non-hydrogen) atoms. The summed E-state index contributed by atoms with van der Waals surface area (Å²) in [6.07, 6.45) is 0. The van der Waals surface area contributed by atoms with Gasteiger partial charge in [-0.1, -0.05) is 11.6 Å². The van der Waals surface area contributed by atoms with E-state index in [0.717, 1.165) is 25.2 Å². The van der Waals surface area contributed by atoms with E-state index in [1.165, 1.54) is 4.90 Å². The highest BCUT2D eigenvalue weighted by molar-refractivity contribution is 7.71. The number of fused-ring (bicyclic) bond motifs is 1. The molecule has 4 nitrogen and oxygen atoms in total. The van der Waals surface area contributed by atoms with Gasteiger partial charge in [0.05, 0.1) is 37.1 Å². The Morgan fingerprint density at radius 3 is 2.70 bits per heavy atom. The third kappa shape index (κ3) is 3.11. The van der Waals surface area contributed by atoms with Crippen LogP contribution < -0.4 is 10.5 Å². The summed E-state index contributed by atoms with van der Waals surface area (Å²) < 4.78 is 2.09. The van der Waals surface area contributed by atoms with E-state index in [2.05, 4.69) is 18.8 Å². The molecule has 6 heteroatoms. The normalized spacial score (nSPS) is 11.4. The zero-order valence-electron chi connectivity index (χ0n) is 11.7. The molecule has 2 rings (SSSR count). The number of nitrogens with one attached hydrogen (secondary N) is 2. The van der Waals surface area contributed by atoms with E-state index < -0.39 is 0 Å². The molecule has 1 heterocycles. The number of hydrogen-bond donors (Lipinski definition) is 2. The van der Waals surface area contributed by atoms with Gasteiger partial charge in [-0.3, -0.25) is 9.36 Å². The fourth-order valence-corrected chi connectivity index (χ4v) is 2.76. The fourth-order valence-electron chi connectivity index (χ4n) is 2.30. The van der Waals surface area contributed by atoms with Crippen molar-refractivity contribution in [3.05, 3.63) is 38.3 Å². The SMILES string of the molecule is CC[NH+](CC)CCn1c(=S)[nH]c2ccc(Cl)cc2c1=O. The molecule has 0 unspecified atom stereocenters. The van der Waals surface area contributed by atoms with Gasteiger partial charge in [0.2, 0.25) is 0 Å². The van der Waals surface area contributed by atoms with Crippen molar-refractivity contribution in [2.24, 2.45) is 0 Å². The standard InChI is InChI=1S/C14H18ClN3OS/c1-3-17(4-2)7-8-18-13(19)11-9-10(15)5-6-12(11)16-14(18)20/h5-6,9H,3-4,7-8H2,1-2H3,(H,16,20)/p+1. The third-order valence-electron chi connectivity index (χ3n) is 3.63. The molecule has 0 bridgehead atoms. The molecule has 0 saturated heterocycles. The van der Waals surface area contributed by atoms with E-state index in [4.69, 9.17) is 23.8 Å². The minimum Gasteiger partial charge on any atom is -0.334 e. The van der Waals surface area contributed by atoms with Gasteiger partial charge in [0.15, 0.2) is 4.77 Å². The van der Waals surface area contributed by atoms with Crippen LogP contribution in [-0.4, -0.2) is 29.2 Å². The van der Waals surface area contributed by atoms with E-state index in [-0.39, 0.29) is 5.56 Å². The lowest BCUT2D eigenvalue weighted by atomic mass is 10.2. The monoisotopic (exact) mass is 312 g/mol. The van der Waals surface area contributed by atoms with Gasteiger partial charge < -0.3 is 9.88 Å². The predicted molar refractivity (Wildman–Crippen MR) is 85.3 cm³/mol. The Balaban J connectivity index is 2.43. The van der Waals surface area contributed by atoms with Crippen LogP contribution in [0.2, 0.25) is 5.02 Å². The lowest BCUT2D eigenvalue weighted by Gasteiger charge is -2.16. The van der Waals surface area contributed by atoms with Crippen molar-refractivity contribution in [3.63, 3.8) is 0 Å². The van der Waals surface area contributed by atoms with Gasteiger partial charge in [-0.15, -0.1) is 0 Å². The molecule has 1 aromatic carbocycles. The molecule has 0 amide bonds. The van der Waals surface area contributed by atoms with Crippen LogP contribution in [0.3, 0.4) is 0 Å². The van der Waals surface area contributed by atoms with Crippen LogP contribution in [0.25, 0.3) is 10.9 Å². The molecule has 0 aliphatic heterocycles. The van der Waals surface area contributed by atoms with Crippen LogP contribution >= 0.6 is 23.8 Å². The molecule has 108 valence electrons. The zero-order chi connectivity index (χ0) is 14.7. The van der Waals surface area contributed by atoms with Crippen molar-refractivity contribution in [1.29, 1.82) is 0 Å². The van der Waals surface area contributed by atoms with Gasteiger partial charge in [-0.25, -0.2) is 0 Å². The Morgan fingerprint density at radius 1 is 1.35 bits per heavy atom. The number of likely N-dealkylation sites (N-methyl/N-ethyl adjacent to an activating group) is 1. The first-order chi connectivity index (χ1) is 9.56. The molecular weight excluding hydrogens is 294 g/mol. The minimum atomic E-state index is -0.0715. The van der Waals surface area contributed by atoms with E-state index in [9.17, 15) is 4.79 Å². The fraction of sp³-hybridized carbons (Fsp3) is 0.429. The number of H-pyrrole nitrogens is 1. The van der Waals surface area contributed by atoms with Crippen molar-refractivity contribution >= 4 is 34.7 Å². The number of aromatic amines is 1. The Bertz CT molecular complexity index is 718. The van der Waals surface area contributed by atoms with Crippen molar-refractivity contribution in [2.75, 3.05) is 19.6 Å². The molecule has 0 atom stereocenters. The quantitative estimate of drug-likeness (QED) is 0.824. The second kappa shape index (κ2) is 6.52. The highest BCUT2D eigenvalue weighted by atomic mass is 35.5. The molecular formula is C14H19ClN3OS+. The Kier molecular flexibility index (Phi) is 4.96. The summed E-state index contributed by atoms with van der Waals surface area (Å²) in [5.74, 6) is 0. The van der Waals surface area contributed by atoms with Crippen molar-refractivity contribution in [2.45, 2.75) is 20.4 Å². The number of quaternary nitrogens is 1. The second-order valence-electron chi connectivity index (χ2n) is 4.78. The van der Waals surface area contributed by atoms with Crippen LogP contribution in [-0.2, 0) is 6.54 Å². The summed E-state index contributed by atoms with van der Waals surface area (Å²) in [5, 5.41) is 1.14. The van der Waals surface area contributed by atoms with E-state index in [1.54, 1.807) is 22.8 Å². The van der Waals surface area contributed by atoms with Crippen LogP contribution in [0.15, 0.2) is 23.0 Å². The third-order valence-corrected chi connectivity index (χ3v) is 4.19. The lowest BCUT2D eigenvalue weighted by molar-refractivity contribution is -0.897. The molecule has 1 aromatic heterocycles. The Labute approximate surface area is 128 Å². The van der Waals surface area contributed by atoms with Crippen LogP contribution in [0.4, 0.5) is 0 Å². The maximum atomic E-state index is 12.5. The molecule has 2 aromatic rings. The molecule has 0 aliphatic carbocycles. The highest BCUT2D eigenvalue weighted by Gasteiger charge is 2.09. The summed E-state index contributed by atoms with van der Waals surface area (Å²) >= 11 is 11.3. The number of hydrogen-bond acceptors (Lipinski definition) is 2. The first kappa shape index (κ1) is 15.2. The predicted octanol–water partition coefficient (Wildman–Crippen LogP) is 1.64. The van der Waals surface area contributed by atoms with Gasteiger partial charge >= 0.3 is 0 Å². The van der Waals surface area contributed by atoms with Gasteiger partial charge in [0.25, 0.3) is 5.56 Å². The first-order valence-corrected chi connectivity index (χ1v) is 7.61. The number of halogens is 1. The van der Waals surface area contributed by atoms with Crippen molar-refractivity contribution < 1.29 is 4.90 Å². The van der Waals surface area contributed by atoms with Gasteiger partial charge in [-0.2, -0.15) is 0 Å². The van der Waals surface area contributed by atoms with E-state index in [1.807, 2.05) is 0 Å². The topological polar surface area (TPSA) is 42.2 Å². The second-order valence-corrected chi connectivity index (χ2v) is 5.61. The smallest absolute Gasteiger partial charge is 0.262 e. The average Bonchev–Trinajstić information content (AvgIpc) is 2.44. The molecule has 0 radical (unpaired) electrons. The number of aromatic nitrogens is 2. The zero-order valence-corrected chi connectivity index (χ0v) is 13.3. The number of benzene rings is 1. The van der Waals surface area contributed by atoms with Crippen molar-refractivity contribution in [1.82, 2.24) is 9.55 Å². The van der Waals surface area contributed by atoms with Crippen LogP contribution in [0, 0.1) is 4.77 Å². The lowest BCUT2D eigenvalue weighted by Crippen LogP contribution is -3.11. The molecule has 0 saturated carbocycles. The summed E-state index contributed by atoms with van der Waals surface area (Å²) in [5.41, 5.74) is 0.661. The summed E-state index contributed by atoms with van der Waals surface area (Å²) in [7, 11) is 0. The highest BCUT2D eigenvalue weighted by Crippen LogP contribution is 2.14. The van der Waals surface area contributed by atoms with Gasteiger partial charge in [-0.05, 0) is 44.3 Å². The first-order valence-electron chi connectivity index (χ1n) is 6.82.